The second-order valence-corrected chi connectivity index (χ2v) is 8.54. The molecule has 3 aromatic rings. The molecule has 1 atom stereocenters. The molecular formula is C23H26FN11O3. The number of nitrogens with one attached hydrogen (secondary N) is 2. The number of fused-ring (bicyclic) bond motifs is 1. The fourth-order valence-corrected chi connectivity index (χ4v) is 4.48. The Hall–Kier alpha value is -4.92. The zero-order valence-corrected chi connectivity index (χ0v) is 20.4. The van der Waals surface area contributed by atoms with Gasteiger partial charge in [0.15, 0.2) is 6.17 Å². The molecule has 6 N–H and O–H groups in total. The van der Waals surface area contributed by atoms with Crippen LogP contribution in [0.15, 0.2) is 49.1 Å². The molecule has 38 heavy (non-hydrogen) atoms. The first-order chi connectivity index (χ1) is 18.4. The average molecular weight is 524 g/mol. The zero-order valence-electron chi connectivity index (χ0n) is 20.4. The fraction of sp³-hybridized carbons (Fsp3) is 0.261. The number of piperazine rings is 1. The highest BCUT2D eigenvalue weighted by Gasteiger charge is 2.35. The first kappa shape index (κ1) is 24.8. The lowest BCUT2D eigenvalue weighted by atomic mass is 10.0. The number of ketones is 1. The van der Waals surface area contributed by atoms with Crippen molar-refractivity contribution in [2.75, 3.05) is 38.2 Å². The van der Waals surface area contributed by atoms with Gasteiger partial charge in [0, 0.05) is 62.6 Å². The molecule has 0 bridgehead atoms. The quantitative estimate of drug-likeness (QED) is 0.142. The maximum atomic E-state index is 14.8. The van der Waals surface area contributed by atoms with Crippen LogP contribution in [-0.2, 0) is 4.79 Å². The van der Waals surface area contributed by atoms with E-state index in [1.165, 1.54) is 28.5 Å². The molecule has 0 radical (unpaired) electrons. The third-order valence-electron chi connectivity index (χ3n) is 6.39. The van der Waals surface area contributed by atoms with Crippen molar-refractivity contribution in [2.45, 2.75) is 6.17 Å². The number of hydrogen-bond donors (Lipinski definition) is 4. The Morgan fingerprint density at radius 1 is 1.26 bits per heavy atom. The third-order valence-corrected chi connectivity index (χ3v) is 6.39. The number of benzene rings is 1. The van der Waals surface area contributed by atoms with E-state index < -0.39 is 23.7 Å². The van der Waals surface area contributed by atoms with E-state index in [1.54, 1.807) is 17.9 Å². The predicted molar refractivity (Wildman–Crippen MR) is 134 cm³/mol. The first-order valence-electron chi connectivity index (χ1n) is 11.7. The standard InChI is InChI=1S/C23H26FN11O3/c1-38-15-4-2-3-14(11-15)35-23(29-30-31-35)33-9-7-32(8-10-33)22(37)20(36)16-12-27-19-18(16)17(24)13-28-21(19)34(26)6-5-25/h2-6,11-13,21,27-28H,7-10,25-26H2,1H3/b6-5-. The number of amides is 1. The molecule has 198 valence electrons. The first-order valence-corrected chi connectivity index (χ1v) is 11.7. The van der Waals surface area contributed by atoms with Gasteiger partial charge in [-0.2, -0.15) is 4.68 Å². The van der Waals surface area contributed by atoms with Gasteiger partial charge in [0.25, 0.3) is 11.7 Å². The van der Waals surface area contributed by atoms with Gasteiger partial charge in [0.2, 0.25) is 5.95 Å². The summed E-state index contributed by atoms with van der Waals surface area (Å²) in [5.41, 5.74) is 6.34. The second-order valence-electron chi connectivity index (χ2n) is 8.54. The summed E-state index contributed by atoms with van der Waals surface area (Å²) in [7, 11) is 1.58. The van der Waals surface area contributed by atoms with Gasteiger partial charge in [-0.15, -0.1) is 0 Å². The van der Waals surface area contributed by atoms with Crippen molar-refractivity contribution in [1.29, 1.82) is 0 Å². The molecular weight excluding hydrogens is 497 g/mol. The summed E-state index contributed by atoms with van der Waals surface area (Å²) in [6.07, 6.45) is 4.31. The Morgan fingerprint density at radius 3 is 2.79 bits per heavy atom. The number of aromatic nitrogens is 5. The summed E-state index contributed by atoms with van der Waals surface area (Å²) in [4.78, 5) is 32.5. The number of H-pyrrole nitrogens is 1. The fourth-order valence-electron chi connectivity index (χ4n) is 4.48. The van der Waals surface area contributed by atoms with Crippen LogP contribution >= 0.6 is 0 Å². The topological polar surface area (TPSA) is 177 Å². The molecule has 2 aliphatic rings. The number of carbonyl (C=O) groups is 2. The van der Waals surface area contributed by atoms with Crippen LogP contribution in [0.5, 0.6) is 5.75 Å². The number of Topliss-reactive ketones (excluding diaryl/α,β-unsaturated/α-hetero) is 1. The minimum Gasteiger partial charge on any atom is -0.497 e. The lowest BCUT2D eigenvalue weighted by Crippen LogP contribution is -2.51. The minimum atomic E-state index is -0.820. The Kier molecular flexibility index (Phi) is 6.66. The average Bonchev–Trinajstić information content (AvgIpc) is 3.61. The van der Waals surface area contributed by atoms with Crippen molar-refractivity contribution in [3.05, 3.63) is 65.9 Å². The van der Waals surface area contributed by atoms with E-state index in [0.29, 0.717) is 30.5 Å². The number of hydrogen-bond acceptors (Lipinski definition) is 11. The number of anilines is 1. The van der Waals surface area contributed by atoms with Crippen molar-refractivity contribution >= 4 is 23.5 Å². The van der Waals surface area contributed by atoms with Crippen LogP contribution in [0.25, 0.3) is 11.5 Å². The van der Waals surface area contributed by atoms with E-state index in [2.05, 4.69) is 25.8 Å². The van der Waals surface area contributed by atoms with Crippen LogP contribution in [0, 0.1) is 0 Å². The van der Waals surface area contributed by atoms with E-state index in [9.17, 15) is 14.0 Å². The molecule has 5 rings (SSSR count). The molecule has 2 aliphatic heterocycles. The smallest absolute Gasteiger partial charge is 0.295 e. The molecule has 1 amide bonds. The number of tetrazole rings is 1. The maximum absolute atomic E-state index is 14.8. The summed E-state index contributed by atoms with van der Waals surface area (Å²) in [5, 5.41) is 16.0. The van der Waals surface area contributed by atoms with Gasteiger partial charge in [-0.3, -0.25) is 14.6 Å². The van der Waals surface area contributed by atoms with E-state index >= 15 is 0 Å². The Morgan fingerprint density at radius 2 is 2.05 bits per heavy atom. The van der Waals surface area contributed by atoms with Crippen molar-refractivity contribution in [3.63, 3.8) is 0 Å². The van der Waals surface area contributed by atoms with Crippen LogP contribution in [0.1, 0.15) is 27.8 Å². The Bertz CT molecular complexity index is 1410. The van der Waals surface area contributed by atoms with E-state index in [-0.39, 0.29) is 24.2 Å². The highest BCUT2D eigenvalue weighted by molar-refractivity contribution is 6.43. The monoisotopic (exact) mass is 523 g/mol. The predicted octanol–water partition coefficient (Wildman–Crippen LogP) is 0.00580. The van der Waals surface area contributed by atoms with Gasteiger partial charge in [-0.05, 0) is 22.6 Å². The summed E-state index contributed by atoms with van der Waals surface area (Å²) < 4.78 is 21.6. The number of methoxy groups -OCH3 is 1. The molecule has 2 aromatic heterocycles. The maximum Gasteiger partial charge on any atom is 0.295 e. The molecule has 4 heterocycles. The number of carbonyl (C=O) groups excluding carboxylic acids is 2. The van der Waals surface area contributed by atoms with Crippen LogP contribution in [0.2, 0.25) is 0 Å². The summed E-state index contributed by atoms with van der Waals surface area (Å²) in [5.74, 6) is 4.87. The van der Waals surface area contributed by atoms with Crippen LogP contribution in [-0.4, -0.2) is 80.1 Å². The van der Waals surface area contributed by atoms with Gasteiger partial charge in [-0.25, -0.2) is 10.2 Å². The summed E-state index contributed by atoms with van der Waals surface area (Å²) >= 11 is 0. The van der Waals surface area contributed by atoms with E-state index in [0.717, 1.165) is 11.9 Å². The number of nitrogens with two attached hydrogens (primary N) is 2. The highest BCUT2D eigenvalue weighted by Crippen LogP contribution is 2.33. The number of ether oxygens (including phenoxy) is 1. The van der Waals surface area contributed by atoms with Crippen molar-refractivity contribution in [2.24, 2.45) is 11.6 Å². The van der Waals surface area contributed by atoms with E-state index in [1.807, 2.05) is 23.1 Å². The van der Waals surface area contributed by atoms with E-state index in [4.69, 9.17) is 16.3 Å². The molecule has 0 saturated carbocycles. The van der Waals surface area contributed by atoms with Gasteiger partial charge in [-0.1, -0.05) is 11.2 Å². The molecule has 15 heteroatoms. The molecule has 0 spiro atoms. The van der Waals surface area contributed by atoms with Crippen LogP contribution in [0.4, 0.5) is 10.3 Å². The lowest BCUT2D eigenvalue weighted by Gasteiger charge is -2.34. The van der Waals surface area contributed by atoms with Crippen LogP contribution < -0.4 is 26.5 Å². The normalized spacial score (nSPS) is 17.1. The molecule has 1 fully saturated rings. The summed E-state index contributed by atoms with van der Waals surface area (Å²) in [6, 6.07) is 7.30. The number of rotatable bonds is 7. The SMILES string of the molecule is COc1cccc(-n2nnnc2N2CCN(C(=O)C(=O)c3c[nH]c4c3C(F)=CNC4N(N)/C=C\N)CC2)c1. The Balaban J connectivity index is 1.29. The molecule has 1 unspecified atom stereocenters. The lowest BCUT2D eigenvalue weighted by molar-refractivity contribution is -0.126. The van der Waals surface area contributed by atoms with Gasteiger partial charge >= 0.3 is 0 Å². The molecule has 14 nitrogen and oxygen atoms in total. The highest BCUT2D eigenvalue weighted by atomic mass is 19.1. The van der Waals surface area contributed by atoms with Gasteiger partial charge in [0.05, 0.1) is 24.1 Å². The van der Waals surface area contributed by atoms with Crippen molar-refractivity contribution < 1.29 is 18.7 Å². The number of halogens is 1. The molecule has 1 aromatic carbocycles. The van der Waals surface area contributed by atoms with Crippen molar-refractivity contribution in [1.82, 2.24) is 40.4 Å². The van der Waals surface area contributed by atoms with Gasteiger partial charge < -0.3 is 30.6 Å². The minimum absolute atomic E-state index is 0.0101. The van der Waals surface area contributed by atoms with Crippen LogP contribution in [0.3, 0.4) is 0 Å². The Labute approximate surface area is 216 Å². The third kappa shape index (κ3) is 4.39. The molecule has 0 aliphatic carbocycles. The van der Waals surface area contributed by atoms with Crippen molar-refractivity contribution in [3.8, 4) is 11.4 Å². The largest absolute Gasteiger partial charge is 0.497 e. The zero-order chi connectivity index (χ0) is 26.8. The number of nitrogens with zero attached hydrogens (tertiary/aromatic N) is 7. The number of hydrazine groups is 1. The second kappa shape index (κ2) is 10.2. The summed E-state index contributed by atoms with van der Waals surface area (Å²) in [6.45, 7) is 1.29. The number of aromatic amines is 1. The molecule has 1 saturated heterocycles. The van der Waals surface area contributed by atoms with Gasteiger partial charge in [0.1, 0.15) is 11.6 Å².